The molecule has 1 aromatic rings. The predicted octanol–water partition coefficient (Wildman–Crippen LogP) is 1.59. The Morgan fingerprint density at radius 2 is 2.12 bits per heavy atom. The highest BCUT2D eigenvalue weighted by Crippen LogP contribution is 2.12. The first-order valence-electron chi connectivity index (χ1n) is 5.99. The van der Waals surface area contributed by atoms with Gasteiger partial charge in [0.25, 0.3) is 0 Å². The number of ether oxygens (including phenoxy) is 1. The van der Waals surface area contributed by atoms with E-state index in [4.69, 9.17) is 9.84 Å². The van der Waals surface area contributed by atoms with Crippen LogP contribution in [0.3, 0.4) is 0 Å². The Morgan fingerprint density at radius 3 is 2.82 bits per heavy atom. The topological polar surface area (TPSA) is 41.5 Å². The van der Waals surface area contributed by atoms with Crippen molar-refractivity contribution >= 4 is 0 Å². The maximum Gasteiger partial charge on any atom is 0.128 e. The summed E-state index contributed by atoms with van der Waals surface area (Å²) < 4.78 is 18.4. The average molecular weight is 239 g/mol. The van der Waals surface area contributed by atoms with E-state index >= 15 is 0 Å². The molecular formula is C13H18FNO2. The molecule has 1 aromatic carbocycles. The van der Waals surface area contributed by atoms with Gasteiger partial charge >= 0.3 is 0 Å². The number of aliphatic hydroxyl groups excluding tert-OH is 1. The number of aliphatic hydroxyl groups is 1. The number of rotatable bonds is 4. The largest absolute Gasteiger partial charge is 0.392 e. The van der Waals surface area contributed by atoms with E-state index in [0.29, 0.717) is 18.2 Å². The Balaban J connectivity index is 1.89. The second-order valence-electron chi connectivity index (χ2n) is 4.35. The van der Waals surface area contributed by atoms with Crippen LogP contribution >= 0.6 is 0 Å². The molecule has 0 saturated carbocycles. The Hall–Kier alpha value is -0.970. The van der Waals surface area contributed by atoms with Gasteiger partial charge in [0.2, 0.25) is 0 Å². The van der Waals surface area contributed by atoms with Gasteiger partial charge in [-0.1, -0.05) is 6.07 Å². The van der Waals surface area contributed by atoms with Gasteiger partial charge in [0.05, 0.1) is 6.61 Å². The SMILES string of the molecule is OCc1cc(CNC2CCOCC2)ccc1F. The number of halogens is 1. The van der Waals surface area contributed by atoms with Gasteiger partial charge in [-0.15, -0.1) is 0 Å². The van der Waals surface area contributed by atoms with E-state index in [1.165, 1.54) is 6.07 Å². The van der Waals surface area contributed by atoms with Crippen molar-refractivity contribution in [2.45, 2.75) is 32.0 Å². The molecule has 0 amide bonds. The molecule has 1 aliphatic heterocycles. The van der Waals surface area contributed by atoms with Crippen LogP contribution in [0.5, 0.6) is 0 Å². The minimum absolute atomic E-state index is 0.253. The van der Waals surface area contributed by atoms with E-state index in [1.54, 1.807) is 12.1 Å². The third-order valence-electron chi connectivity index (χ3n) is 3.10. The fraction of sp³-hybridized carbons (Fsp3) is 0.538. The molecule has 0 aliphatic carbocycles. The van der Waals surface area contributed by atoms with Crippen molar-refractivity contribution in [2.24, 2.45) is 0 Å². The van der Waals surface area contributed by atoms with Crippen LogP contribution in [0, 0.1) is 5.82 Å². The molecule has 0 atom stereocenters. The van der Waals surface area contributed by atoms with Crippen molar-refractivity contribution in [2.75, 3.05) is 13.2 Å². The summed E-state index contributed by atoms with van der Waals surface area (Å²) in [7, 11) is 0. The Bertz CT molecular complexity index is 364. The van der Waals surface area contributed by atoms with E-state index in [0.717, 1.165) is 31.6 Å². The molecule has 0 unspecified atom stereocenters. The quantitative estimate of drug-likeness (QED) is 0.838. The molecule has 1 saturated heterocycles. The Kier molecular flexibility index (Phi) is 4.48. The van der Waals surface area contributed by atoms with Gasteiger partial charge in [0.15, 0.2) is 0 Å². The first-order chi connectivity index (χ1) is 8.29. The predicted molar refractivity (Wildman–Crippen MR) is 63.0 cm³/mol. The van der Waals surface area contributed by atoms with E-state index in [9.17, 15) is 4.39 Å². The molecule has 2 rings (SSSR count). The standard InChI is InChI=1S/C13H18FNO2/c14-13-2-1-10(7-11(13)9-16)8-15-12-3-5-17-6-4-12/h1-2,7,12,15-16H,3-6,8-9H2. The molecule has 0 bridgehead atoms. The summed E-state index contributed by atoms with van der Waals surface area (Å²) in [6.45, 7) is 2.07. The van der Waals surface area contributed by atoms with Gasteiger partial charge in [0.1, 0.15) is 5.82 Å². The molecule has 17 heavy (non-hydrogen) atoms. The van der Waals surface area contributed by atoms with Crippen LogP contribution in [0.15, 0.2) is 18.2 Å². The third-order valence-corrected chi connectivity index (χ3v) is 3.10. The van der Waals surface area contributed by atoms with Crippen molar-refractivity contribution in [3.8, 4) is 0 Å². The van der Waals surface area contributed by atoms with Crippen LogP contribution in [0.1, 0.15) is 24.0 Å². The summed E-state index contributed by atoms with van der Waals surface area (Å²) in [6, 6.07) is 5.35. The zero-order valence-corrected chi connectivity index (χ0v) is 9.79. The number of hydrogen-bond acceptors (Lipinski definition) is 3. The monoisotopic (exact) mass is 239 g/mol. The summed E-state index contributed by atoms with van der Waals surface area (Å²) >= 11 is 0. The zero-order valence-electron chi connectivity index (χ0n) is 9.79. The smallest absolute Gasteiger partial charge is 0.128 e. The van der Waals surface area contributed by atoms with Gasteiger partial charge in [-0.2, -0.15) is 0 Å². The van der Waals surface area contributed by atoms with Crippen LogP contribution in [0.4, 0.5) is 4.39 Å². The highest BCUT2D eigenvalue weighted by atomic mass is 19.1. The summed E-state index contributed by atoms with van der Waals surface area (Å²) in [5.74, 6) is -0.345. The molecule has 1 fully saturated rings. The maximum absolute atomic E-state index is 13.2. The van der Waals surface area contributed by atoms with Gasteiger partial charge in [-0.25, -0.2) is 4.39 Å². The lowest BCUT2D eigenvalue weighted by Crippen LogP contribution is -2.34. The van der Waals surface area contributed by atoms with Crippen LogP contribution in [-0.4, -0.2) is 24.4 Å². The Labute approximate surface area is 101 Å². The minimum Gasteiger partial charge on any atom is -0.392 e. The van der Waals surface area contributed by atoms with E-state index in [-0.39, 0.29) is 12.4 Å². The van der Waals surface area contributed by atoms with Gasteiger partial charge in [-0.3, -0.25) is 0 Å². The number of nitrogens with one attached hydrogen (secondary N) is 1. The van der Waals surface area contributed by atoms with Gasteiger partial charge in [-0.05, 0) is 30.5 Å². The summed E-state index contributed by atoms with van der Waals surface area (Å²) in [6.07, 6.45) is 2.04. The van der Waals surface area contributed by atoms with Crippen LogP contribution in [0.2, 0.25) is 0 Å². The molecule has 94 valence electrons. The third kappa shape index (κ3) is 3.49. The van der Waals surface area contributed by atoms with Gasteiger partial charge < -0.3 is 15.2 Å². The molecule has 2 N–H and O–H groups in total. The number of hydrogen-bond donors (Lipinski definition) is 2. The second kappa shape index (κ2) is 6.10. The molecule has 4 heteroatoms. The zero-order chi connectivity index (χ0) is 12.1. The number of benzene rings is 1. The first-order valence-corrected chi connectivity index (χ1v) is 5.99. The molecule has 0 spiro atoms. The molecule has 1 aliphatic rings. The lowest BCUT2D eigenvalue weighted by Gasteiger charge is -2.23. The lowest BCUT2D eigenvalue weighted by atomic mass is 10.1. The van der Waals surface area contributed by atoms with Crippen molar-refractivity contribution in [1.82, 2.24) is 5.32 Å². The highest BCUT2D eigenvalue weighted by molar-refractivity contribution is 5.24. The summed E-state index contributed by atoms with van der Waals surface area (Å²) in [5, 5.41) is 12.4. The van der Waals surface area contributed by atoms with Crippen LogP contribution < -0.4 is 5.32 Å². The Morgan fingerprint density at radius 1 is 1.35 bits per heavy atom. The second-order valence-corrected chi connectivity index (χ2v) is 4.35. The fourth-order valence-electron chi connectivity index (χ4n) is 2.02. The maximum atomic E-state index is 13.2. The normalized spacial score (nSPS) is 17.3. The molecule has 0 aromatic heterocycles. The molecular weight excluding hydrogens is 221 g/mol. The lowest BCUT2D eigenvalue weighted by molar-refractivity contribution is 0.0776. The highest BCUT2D eigenvalue weighted by Gasteiger charge is 2.12. The minimum atomic E-state index is -0.345. The van der Waals surface area contributed by atoms with Crippen molar-refractivity contribution < 1.29 is 14.2 Å². The van der Waals surface area contributed by atoms with Gasteiger partial charge in [0, 0.05) is 31.4 Å². The van der Waals surface area contributed by atoms with Crippen molar-refractivity contribution in [3.05, 3.63) is 35.1 Å². The van der Waals surface area contributed by atoms with Crippen molar-refractivity contribution in [1.29, 1.82) is 0 Å². The summed E-state index contributed by atoms with van der Waals surface area (Å²) in [4.78, 5) is 0. The van der Waals surface area contributed by atoms with E-state index in [1.807, 2.05) is 0 Å². The molecule has 1 heterocycles. The first kappa shape index (κ1) is 12.5. The van der Waals surface area contributed by atoms with Crippen LogP contribution in [-0.2, 0) is 17.9 Å². The molecule has 3 nitrogen and oxygen atoms in total. The summed E-state index contributed by atoms with van der Waals surface area (Å²) in [5.41, 5.74) is 1.36. The van der Waals surface area contributed by atoms with Crippen LogP contribution in [0.25, 0.3) is 0 Å². The van der Waals surface area contributed by atoms with E-state index < -0.39 is 0 Å². The van der Waals surface area contributed by atoms with E-state index in [2.05, 4.69) is 5.32 Å². The molecule has 0 radical (unpaired) electrons. The average Bonchev–Trinajstić information content (AvgIpc) is 2.39. The van der Waals surface area contributed by atoms with Crippen molar-refractivity contribution in [3.63, 3.8) is 0 Å². The fourth-order valence-corrected chi connectivity index (χ4v) is 2.02.